The highest BCUT2D eigenvalue weighted by molar-refractivity contribution is 6.09. The highest BCUT2D eigenvalue weighted by Gasteiger charge is 2.09. The van der Waals surface area contributed by atoms with Crippen molar-refractivity contribution in [3.05, 3.63) is 102 Å². The minimum atomic E-state index is -0.179. The summed E-state index contributed by atoms with van der Waals surface area (Å²) in [4.78, 5) is 12.6. The van der Waals surface area contributed by atoms with Gasteiger partial charge in [0.05, 0.1) is 11.6 Å². The second kappa shape index (κ2) is 7.65. The van der Waals surface area contributed by atoms with E-state index in [0.717, 1.165) is 16.5 Å². The molecule has 0 aromatic heterocycles. The average Bonchev–Trinajstić information content (AvgIpc) is 2.75. The van der Waals surface area contributed by atoms with Crippen LogP contribution in [-0.2, 0) is 0 Å². The van der Waals surface area contributed by atoms with Gasteiger partial charge in [-0.3, -0.25) is 4.79 Å². The van der Waals surface area contributed by atoms with Crippen molar-refractivity contribution >= 4 is 22.4 Å². The van der Waals surface area contributed by atoms with Gasteiger partial charge in [0.15, 0.2) is 0 Å². The number of carbonyl (C=O) groups is 1. The summed E-state index contributed by atoms with van der Waals surface area (Å²) in [5.41, 5.74) is 1.90. The fraction of sp³-hybridized carbons (Fsp3) is 0. The van der Waals surface area contributed by atoms with Gasteiger partial charge in [0.25, 0.3) is 5.91 Å². The lowest BCUT2D eigenvalue weighted by atomic mass is 10.1. The second-order valence-electron chi connectivity index (χ2n) is 6.24. The van der Waals surface area contributed by atoms with Crippen LogP contribution in [0.5, 0.6) is 11.5 Å². The Kier molecular flexibility index (Phi) is 4.73. The number of ether oxygens (including phenoxy) is 1. The van der Waals surface area contributed by atoms with Crippen LogP contribution in [0.2, 0.25) is 0 Å². The molecule has 0 aliphatic rings. The highest BCUT2D eigenvalue weighted by atomic mass is 16.5. The van der Waals surface area contributed by atoms with E-state index < -0.39 is 0 Å². The van der Waals surface area contributed by atoms with Crippen molar-refractivity contribution in [2.75, 3.05) is 5.32 Å². The molecule has 4 nitrogen and oxygen atoms in total. The molecule has 4 aromatic carbocycles. The average molecular weight is 364 g/mol. The van der Waals surface area contributed by atoms with Crippen LogP contribution in [0, 0.1) is 11.3 Å². The van der Waals surface area contributed by atoms with Crippen molar-refractivity contribution in [1.82, 2.24) is 0 Å². The number of fused-ring (bicyclic) bond motifs is 1. The van der Waals surface area contributed by atoms with Crippen LogP contribution in [0.25, 0.3) is 10.8 Å². The van der Waals surface area contributed by atoms with Crippen LogP contribution in [0.3, 0.4) is 0 Å². The number of nitriles is 1. The van der Waals surface area contributed by atoms with Crippen LogP contribution in [0.1, 0.15) is 15.9 Å². The summed E-state index contributed by atoms with van der Waals surface area (Å²) in [6.07, 6.45) is 0. The summed E-state index contributed by atoms with van der Waals surface area (Å²) in [7, 11) is 0. The quantitative estimate of drug-likeness (QED) is 0.501. The van der Waals surface area contributed by atoms with Crippen LogP contribution in [0.4, 0.5) is 5.69 Å². The standard InChI is InChI=1S/C24H16N2O2/c25-16-17-8-12-20(13-9-17)28-21-14-10-19(11-15-21)24(27)26-23-7-3-5-18-4-1-2-6-22(18)23/h1-15H,(H,26,27). The molecular weight excluding hydrogens is 348 g/mol. The molecule has 0 saturated heterocycles. The highest BCUT2D eigenvalue weighted by Crippen LogP contribution is 2.25. The maximum absolute atomic E-state index is 12.6. The first-order chi connectivity index (χ1) is 13.7. The van der Waals surface area contributed by atoms with E-state index in [4.69, 9.17) is 10.00 Å². The maximum atomic E-state index is 12.6. The van der Waals surface area contributed by atoms with Crippen LogP contribution < -0.4 is 10.1 Å². The van der Waals surface area contributed by atoms with E-state index in [-0.39, 0.29) is 5.91 Å². The third-order valence-electron chi connectivity index (χ3n) is 4.37. The molecule has 0 bridgehead atoms. The number of benzene rings is 4. The maximum Gasteiger partial charge on any atom is 0.255 e. The molecule has 4 heteroatoms. The molecular formula is C24H16N2O2. The molecule has 0 fully saturated rings. The molecule has 4 aromatic rings. The number of carbonyl (C=O) groups excluding carboxylic acids is 1. The number of amides is 1. The van der Waals surface area contributed by atoms with Gasteiger partial charge in [-0.25, -0.2) is 0 Å². The number of nitrogens with zero attached hydrogens (tertiary/aromatic N) is 1. The lowest BCUT2D eigenvalue weighted by molar-refractivity contribution is 0.102. The van der Waals surface area contributed by atoms with E-state index in [2.05, 4.69) is 11.4 Å². The predicted octanol–water partition coefficient (Wildman–Crippen LogP) is 5.76. The zero-order valence-electron chi connectivity index (χ0n) is 14.9. The topological polar surface area (TPSA) is 62.1 Å². The molecule has 0 aliphatic carbocycles. The Morgan fingerprint density at radius 3 is 2.14 bits per heavy atom. The van der Waals surface area contributed by atoms with Crippen molar-refractivity contribution in [3.63, 3.8) is 0 Å². The van der Waals surface area contributed by atoms with Gasteiger partial charge in [-0.2, -0.15) is 5.26 Å². The van der Waals surface area contributed by atoms with E-state index in [1.54, 1.807) is 48.5 Å². The Bertz CT molecular complexity index is 1170. The number of hydrogen-bond acceptors (Lipinski definition) is 3. The zero-order chi connectivity index (χ0) is 19.3. The van der Waals surface area contributed by atoms with Gasteiger partial charge in [-0.1, -0.05) is 36.4 Å². The van der Waals surface area contributed by atoms with Crippen molar-refractivity contribution < 1.29 is 9.53 Å². The van der Waals surface area contributed by atoms with Gasteiger partial charge in [-0.05, 0) is 60.0 Å². The minimum absolute atomic E-state index is 0.179. The summed E-state index contributed by atoms with van der Waals surface area (Å²) in [6.45, 7) is 0. The molecule has 0 saturated carbocycles. The SMILES string of the molecule is N#Cc1ccc(Oc2ccc(C(=O)Nc3cccc4ccccc34)cc2)cc1. The number of rotatable bonds is 4. The zero-order valence-corrected chi connectivity index (χ0v) is 14.9. The van der Waals surface area contributed by atoms with Gasteiger partial charge in [0.1, 0.15) is 11.5 Å². The van der Waals surface area contributed by atoms with Gasteiger partial charge in [0.2, 0.25) is 0 Å². The number of anilines is 1. The first kappa shape index (κ1) is 17.3. The molecule has 0 radical (unpaired) electrons. The lowest BCUT2D eigenvalue weighted by Gasteiger charge is -2.10. The van der Waals surface area contributed by atoms with E-state index in [1.165, 1.54) is 0 Å². The van der Waals surface area contributed by atoms with Crippen molar-refractivity contribution in [3.8, 4) is 17.6 Å². The number of hydrogen-bond donors (Lipinski definition) is 1. The smallest absolute Gasteiger partial charge is 0.255 e. The molecule has 4 rings (SSSR count). The van der Waals surface area contributed by atoms with E-state index in [0.29, 0.717) is 22.6 Å². The molecule has 1 amide bonds. The number of nitrogens with one attached hydrogen (secondary N) is 1. The first-order valence-corrected chi connectivity index (χ1v) is 8.80. The summed E-state index contributed by atoms with van der Waals surface area (Å²) in [5, 5.41) is 13.9. The fourth-order valence-electron chi connectivity index (χ4n) is 2.94. The monoisotopic (exact) mass is 364 g/mol. The molecule has 0 heterocycles. The summed E-state index contributed by atoms with van der Waals surface area (Å²) in [5.74, 6) is 1.07. The van der Waals surface area contributed by atoms with Gasteiger partial charge in [0, 0.05) is 16.6 Å². The first-order valence-electron chi connectivity index (χ1n) is 8.80. The van der Waals surface area contributed by atoms with Gasteiger partial charge in [-0.15, -0.1) is 0 Å². The Morgan fingerprint density at radius 2 is 1.43 bits per heavy atom. The van der Waals surface area contributed by atoms with Crippen LogP contribution >= 0.6 is 0 Å². The molecule has 1 N–H and O–H groups in total. The summed E-state index contributed by atoms with van der Waals surface area (Å²) < 4.78 is 5.75. The Morgan fingerprint density at radius 1 is 0.786 bits per heavy atom. The molecule has 0 atom stereocenters. The third kappa shape index (κ3) is 3.69. The molecule has 134 valence electrons. The van der Waals surface area contributed by atoms with Crippen molar-refractivity contribution in [2.45, 2.75) is 0 Å². The molecule has 0 unspecified atom stereocenters. The van der Waals surface area contributed by atoms with Crippen molar-refractivity contribution in [1.29, 1.82) is 5.26 Å². The lowest BCUT2D eigenvalue weighted by Crippen LogP contribution is -2.11. The largest absolute Gasteiger partial charge is 0.457 e. The third-order valence-corrected chi connectivity index (χ3v) is 4.37. The molecule has 28 heavy (non-hydrogen) atoms. The summed E-state index contributed by atoms with van der Waals surface area (Å²) in [6, 6.07) is 29.6. The van der Waals surface area contributed by atoms with E-state index in [9.17, 15) is 4.79 Å². The van der Waals surface area contributed by atoms with Crippen LogP contribution in [0.15, 0.2) is 91.0 Å². The van der Waals surface area contributed by atoms with E-state index >= 15 is 0 Å². The van der Waals surface area contributed by atoms with Crippen LogP contribution in [-0.4, -0.2) is 5.91 Å². The Labute approximate surface area is 162 Å². The van der Waals surface area contributed by atoms with Gasteiger partial charge < -0.3 is 10.1 Å². The second-order valence-corrected chi connectivity index (χ2v) is 6.24. The van der Waals surface area contributed by atoms with Crippen molar-refractivity contribution in [2.24, 2.45) is 0 Å². The normalized spacial score (nSPS) is 10.2. The Hall–Kier alpha value is -4.10. The molecule has 0 aliphatic heterocycles. The van der Waals surface area contributed by atoms with Gasteiger partial charge >= 0.3 is 0 Å². The summed E-state index contributed by atoms with van der Waals surface area (Å²) >= 11 is 0. The Balaban J connectivity index is 1.48. The predicted molar refractivity (Wildman–Crippen MR) is 110 cm³/mol. The molecule has 0 spiro atoms. The fourth-order valence-corrected chi connectivity index (χ4v) is 2.94. The minimum Gasteiger partial charge on any atom is -0.457 e. The van der Waals surface area contributed by atoms with E-state index in [1.807, 2.05) is 42.5 Å².